The van der Waals surface area contributed by atoms with Gasteiger partial charge in [0.05, 0.1) is 13.1 Å². The summed E-state index contributed by atoms with van der Waals surface area (Å²) in [4.78, 5) is 16.3. The normalized spacial score (nSPS) is 12.6. The van der Waals surface area contributed by atoms with Crippen molar-refractivity contribution in [2.24, 2.45) is 4.99 Å². The van der Waals surface area contributed by atoms with Gasteiger partial charge in [0.15, 0.2) is 5.96 Å². The van der Waals surface area contributed by atoms with Crippen LogP contribution in [0.15, 0.2) is 29.3 Å². The van der Waals surface area contributed by atoms with Gasteiger partial charge in [-0.2, -0.15) is 13.2 Å². The van der Waals surface area contributed by atoms with E-state index in [9.17, 15) is 18.0 Å². The number of hydrogen-bond donors (Lipinski definition) is 2. The number of alkyl halides is 3. The molecule has 0 saturated heterocycles. The summed E-state index contributed by atoms with van der Waals surface area (Å²) < 4.78 is 42.7. The number of aryl methyl sites for hydroxylation is 1. The SMILES string of the molecule is CN=C(NCC(=O)N(C)CC(F)(F)F)NCC(C)Oc1ccccc1C.I. The molecular weight excluding hydrogens is 476 g/mol. The fraction of sp³-hybridized carbons (Fsp3) is 0.529. The van der Waals surface area contributed by atoms with Crippen molar-refractivity contribution in [3.8, 4) is 5.75 Å². The molecule has 0 bridgehead atoms. The maximum Gasteiger partial charge on any atom is 0.406 e. The molecule has 6 nitrogen and oxygen atoms in total. The molecule has 0 fully saturated rings. The molecule has 0 radical (unpaired) electrons. The lowest BCUT2D eigenvalue weighted by atomic mass is 10.2. The second kappa shape index (κ2) is 11.9. The Morgan fingerprint density at radius 3 is 2.48 bits per heavy atom. The van der Waals surface area contributed by atoms with Crippen molar-refractivity contribution in [2.75, 3.05) is 33.7 Å². The summed E-state index contributed by atoms with van der Waals surface area (Å²) in [6, 6.07) is 7.61. The fourth-order valence-electron chi connectivity index (χ4n) is 2.06. The molecule has 1 amide bonds. The summed E-state index contributed by atoms with van der Waals surface area (Å²) in [7, 11) is 2.61. The average molecular weight is 502 g/mol. The first-order valence-electron chi connectivity index (χ1n) is 8.10. The molecule has 1 aromatic rings. The minimum absolute atomic E-state index is 0. The zero-order valence-corrected chi connectivity index (χ0v) is 18.1. The first-order chi connectivity index (χ1) is 12.1. The Morgan fingerprint density at radius 1 is 1.30 bits per heavy atom. The number of carbonyl (C=O) groups excluding carboxylic acids is 1. The first-order valence-corrected chi connectivity index (χ1v) is 8.10. The third-order valence-corrected chi connectivity index (χ3v) is 3.45. The molecule has 0 aliphatic heterocycles. The van der Waals surface area contributed by atoms with E-state index in [1.807, 2.05) is 38.1 Å². The molecule has 1 aromatic carbocycles. The van der Waals surface area contributed by atoms with Crippen LogP contribution in [0.25, 0.3) is 0 Å². The molecule has 154 valence electrons. The van der Waals surface area contributed by atoms with Crippen LogP contribution in [-0.2, 0) is 4.79 Å². The van der Waals surface area contributed by atoms with Crippen molar-refractivity contribution < 1.29 is 22.7 Å². The Morgan fingerprint density at radius 2 is 1.93 bits per heavy atom. The Labute approximate surface area is 174 Å². The van der Waals surface area contributed by atoms with Gasteiger partial charge in [-0.25, -0.2) is 0 Å². The number of nitrogens with zero attached hydrogens (tertiary/aromatic N) is 2. The molecule has 0 aromatic heterocycles. The van der Waals surface area contributed by atoms with E-state index >= 15 is 0 Å². The second-order valence-electron chi connectivity index (χ2n) is 5.87. The van der Waals surface area contributed by atoms with Crippen LogP contribution in [-0.4, -0.2) is 62.8 Å². The maximum absolute atomic E-state index is 12.3. The molecule has 0 spiro atoms. The number of nitrogens with one attached hydrogen (secondary N) is 2. The van der Waals surface area contributed by atoms with E-state index < -0.39 is 18.6 Å². The van der Waals surface area contributed by atoms with E-state index in [4.69, 9.17) is 4.74 Å². The van der Waals surface area contributed by atoms with Gasteiger partial charge in [-0.05, 0) is 25.5 Å². The summed E-state index contributed by atoms with van der Waals surface area (Å²) in [6.45, 7) is 2.63. The minimum atomic E-state index is -4.42. The number of likely N-dealkylation sites (N-methyl/N-ethyl adjacent to an activating group) is 1. The molecule has 27 heavy (non-hydrogen) atoms. The number of carbonyl (C=O) groups is 1. The Balaban J connectivity index is 0.00000676. The molecule has 1 atom stereocenters. The van der Waals surface area contributed by atoms with Crippen LogP contribution in [0.3, 0.4) is 0 Å². The standard InChI is InChI=1S/C17H25F3N4O2.HI/c1-12-7-5-6-8-14(12)26-13(2)9-22-16(21-3)23-10-15(25)24(4)11-17(18,19)20;/h5-8,13H,9-11H2,1-4H3,(H2,21,22,23);1H. The van der Waals surface area contributed by atoms with Crippen molar-refractivity contribution >= 4 is 35.8 Å². The van der Waals surface area contributed by atoms with E-state index in [1.54, 1.807) is 0 Å². The Bertz CT molecular complexity index is 626. The van der Waals surface area contributed by atoms with Gasteiger partial charge < -0.3 is 20.3 Å². The number of guanidine groups is 1. The van der Waals surface area contributed by atoms with Crippen molar-refractivity contribution in [3.05, 3.63) is 29.8 Å². The first kappa shape index (κ1) is 25.3. The molecule has 1 unspecified atom stereocenters. The highest BCUT2D eigenvalue weighted by Crippen LogP contribution is 2.17. The Kier molecular flexibility index (Phi) is 11.1. The number of aliphatic imine (C=N–C) groups is 1. The molecule has 0 heterocycles. The molecule has 1 rings (SSSR count). The number of rotatable bonds is 7. The van der Waals surface area contributed by atoms with Crippen molar-refractivity contribution in [1.82, 2.24) is 15.5 Å². The molecular formula is C17H26F3IN4O2. The lowest BCUT2D eigenvalue weighted by Crippen LogP contribution is -2.47. The number of benzene rings is 1. The molecule has 2 N–H and O–H groups in total. The van der Waals surface area contributed by atoms with Gasteiger partial charge in [0, 0.05) is 14.1 Å². The topological polar surface area (TPSA) is 66.0 Å². The highest BCUT2D eigenvalue weighted by Gasteiger charge is 2.31. The third kappa shape index (κ3) is 10.3. The van der Waals surface area contributed by atoms with Crippen LogP contribution in [0.2, 0.25) is 0 Å². The largest absolute Gasteiger partial charge is 0.489 e. The van der Waals surface area contributed by atoms with Crippen molar-refractivity contribution in [3.63, 3.8) is 0 Å². The summed E-state index contributed by atoms with van der Waals surface area (Å²) in [5.74, 6) is 0.391. The maximum atomic E-state index is 12.3. The molecule has 0 aliphatic carbocycles. The second-order valence-corrected chi connectivity index (χ2v) is 5.87. The lowest BCUT2D eigenvalue weighted by molar-refractivity contribution is -0.157. The third-order valence-electron chi connectivity index (χ3n) is 3.45. The van der Waals surface area contributed by atoms with Crippen molar-refractivity contribution in [2.45, 2.75) is 26.1 Å². The quantitative estimate of drug-likeness (QED) is 0.342. The van der Waals surface area contributed by atoms with E-state index in [0.717, 1.165) is 18.4 Å². The van der Waals surface area contributed by atoms with Gasteiger partial charge in [0.1, 0.15) is 18.4 Å². The number of amides is 1. The van der Waals surface area contributed by atoms with Gasteiger partial charge in [0.25, 0.3) is 0 Å². The summed E-state index contributed by atoms with van der Waals surface area (Å²) in [6.07, 6.45) is -4.61. The van der Waals surface area contributed by atoms with Gasteiger partial charge >= 0.3 is 6.18 Å². The number of para-hydroxylation sites is 1. The number of hydrogen-bond acceptors (Lipinski definition) is 3. The van der Waals surface area contributed by atoms with Crippen LogP contribution >= 0.6 is 24.0 Å². The number of ether oxygens (including phenoxy) is 1. The van der Waals surface area contributed by atoms with Crippen LogP contribution in [0.4, 0.5) is 13.2 Å². The van der Waals surface area contributed by atoms with Crippen LogP contribution < -0.4 is 15.4 Å². The Hall–Kier alpha value is -1.72. The zero-order valence-electron chi connectivity index (χ0n) is 15.8. The van der Waals surface area contributed by atoms with Crippen molar-refractivity contribution in [1.29, 1.82) is 0 Å². The van der Waals surface area contributed by atoms with Gasteiger partial charge in [0.2, 0.25) is 5.91 Å². The summed E-state index contributed by atoms with van der Waals surface area (Å²) in [5.41, 5.74) is 1.01. The highest BCUT2D eigenvalue weighted by molar-refractivity contribution is 14.0. The predicted octanol–water partition coefficient (Wildman–Crippen LogP) is 2.57. The van der Waals surface area contributed by atoms with E-state index in [1.165, 1.54) is 7.05 Å². The van der Waals surface area contributed by atoms with Gasteiger partial charge in [-0.1, -0.05) is 18.2 Å². The van der Waals surface area contributed by atoms with Gasteiger partial charge in [-0.15, -0.1) is 24.0 Å². The summed E-state index contributed by atoms with van der Waals surface area (Å²) >= 11 is 0. The average Bonchev–Trinajstić information content (AvgIpc) is 2.55. The summed E-state index contributed by atoms with van der Waals surface area (Å²) in [5, 5.41) is 5.66. The minimum Gasteiger partial charge on any atom is -0.489 e. The van der Waals surface area contributed by atoms with Crippen LogP contribution in [0.5, 0.6) is 5.75 Å². The number of halogens is 4. The fourth-order valence-corrected chi connectivity index (χ4v) is 2.06. The zero-order chi connectivity index (χ0) is 19.7. The monoisotopic (exact) mass is 502 g/mol. The van der Waals surface area contributed by atoms with E-state index in [2.05, 4.69) is 15.6 Å². The van der Waals surface area contributed by atoms with Crippen LogP contribution in [0, 0.1) is 6.92 Å². The van der Waals surface area contributed by atoms with E-state index in [-0.39, 0.29) is 36.6 Å². The smallest absolute Gasteiger partial charge is 0.406 e. The predicted molar refractivity (Wildman–Crippen MR) is 110 cm³/mol. The lowest BCUT2D eigenvalue weighted by Gasteiger charge is -2.21. The molecule has 10 heteroatoms. The highest BCUT2D eigenvalue weighted by atomic mass is 127. The molecule has 0 saturated carbocycles. The van der Waals surface area contributed by atoms with Crippen LogP contribution in [0.1, 0.15) is 12.5 Å². The van der Waals surface area contributed by atoms with E-state index in [0.29, 0.717) is 17.4 Å². The van der Waals surface area contributed by atoms with Gasteiger partial charge in [-0.3, -0.25) is 9.79 Å². The molecule has 0 aliphatic rings.